The van der Waals surface area contributed by atoms with Crippen LogP contribution >= 0.6 is 0 Å². The summed E-state index contributed by atoms with van der Waals surface area (Å²) in [5.74, 6) is 0.355. The molecule has 0 spiro atoms. The number of rotatable bonds is 10. The fourth-order valence-electron chi connectivity index (χ4n) is 5.23. The van der Waals surface area contributed by atoms with Crippen LogP contribution in [0.3, 0.4) is 0 Å². The number of nitrogens with zero attached hydrogens (tertiary/aromatic N) is 1. The van der Waals surface area contributed by atoms with E-state index in [1.807, 2.05) is 39.8 Å². The number of allylic oxidation sites excluding steroid dienone is 2. The van der Waals surface area contributed by atoms with Crippen LogP contribution in [0.5, 0.6) is 0 Å². The lowest BCUT2D eigenvalue weighted by molar-refractivity contribution is 0.0583. The first-order chi connectivity index (χ1) is 16.1. The quantitative estimate of drug-likeness (QED) is 0.322. The molecule has 190 valence electrons. The van der Waals surface area contributed by atoms with Crippen molar-refractivity contribution >= 4 is 18.8 Å². The molecule has 0 saturated carbocycles. The van der Waals surface area contributed by atoms with Gasteiger partial charge in [-0.3, -0.25) is 0 Å². The molecule has 0 aromatic heterocycles. The first-order valence-electron chi connectivity index (χ1n) is 12.5. The van der Waals surface area contributed by atoms with E-state index >= 15 is 0 Å². The summed E-state index contributed by atoms with van der Waals surface area (Å²) in [5, 5.41) is 0. The fourth-order valence-corrected chi connectivity index (χ4v) is 10.0. The largest absolute Gasteiger partial charge is 0.508 e. The van der Waals surface area contributed by atoms with E-state index < -0.39 is 18.8 Å². The molecule has 0 amide bonds. The van der Waals surface area contributed by atoms with Gasteiger partial charge < -0.3 is 13.3 Å². The first kappa shape index (κ1) is 27.3. The summed E-state index contributed by atoms with van der Waals surface area (Å²) in [6, 6.07) is 7.08. The molecule has 0 unspecified atom stereocenters. The summed E-state index contributed by atoms with van der Waals surface area (Å²) in [6.45, 7) is 18.9. The predicted octanol–water partition coefficient (Wildman–Crippen LogP) is 5.19. The molecule has 3 atom stereocenters. The molecule has 6 nitrogen and oxygen atoms in total. The van der Waals surface area contributed by atoms with Gasteiger partial charge in [-0.25, -0.2) is 8.42 Å². The van der Waals surface area contributed by atoms with E-state index in [9.17, 15) is 8.42 Å². The minimum Gasteiger partial charge on any atom is -0.373 e. The zero-order chi connectivity index (χ0) is 25.1. The predicted molar refractivity (Wildman–Crippen MR) is 138 cm³/mol. The maximum atomic E-state index is 13.6. The number of benzene rings is 1. The molecule has 8 heteroatoms. The van der Waals surface area contributed by atoms with Gasteiger partial charge in [0.05, 0.1) is 10.4 Å². The van der Waals surface area contributed by atoms with Gasteiger partial charge in [0, 0.05) is 32.9 Å². The Bertz CT molecular complexity index is 972. The first-order valence-corrected chi connectivity index (χ1v) is 15.7. The van der Waals surface area contributed by atoms with Crippen LogP contribution in [0.15, 0.2) is 53.0 Å². The molecule has 2 aliphatic rings. The Kier molecular flexibility index (Phi) is 8.98. The molecular formula is C26H41NO5SSi. The second kappa shape index (κ2) is 11.2. The normalized spacial score (nSPS) is 24.3. The monoisotopic (exact) mass is 507 g/mol. The van der Waals surface area contributed by atoms with Crippen LogP contribution in [0.2, 0.25) is 5.54 Å². The average Bonchev–Trinajstić information content (AvgIpc) is 3.17. The van der Waals surface area contributed by atoms with Crippen LogP contribution < -0.4 is 0 Å². The maximum Gasteiger partial charge on any atom is 0.508 e. The maximum absolute atomic E-state index is 13.6. The highest BCUT2D eigenvalue weighted by Gasteiger charge is 2.57. The van der Waals surface area contributed by atoms with Gasteiger partial charge in [-0.1, -0.05) is 55.3 Å². The van der Waals surface area contributed by atoms with Gasteiger partial charge >= 0.3 is 8.80 Å². The van der Waals surface area contributed by atoms with Gasteiger partial charge in [0.15, 0.2) is 0 Å². The van der Waals surface area contributed by atoms with Crippen molar-refractivity contribution in [3.63, 3.8) is 0 Å². The molecule has 1 aromatic rings. The minimum absolute atomic E-state index is 0.0136. The van der Waals surface area contributed by atoms with Crippen LogP contribution in [0.1, 0.15) is 46.6 Å². The molecule has 34 heavy (non-hydrogen) atoms. The van der Waals surface area contributed by atoms with Crippen molar-refractivity contribution in [1.82, 2.24) is 4.31 Å². The molecule has 3 rings (SSSR count). The Balaban J connectivity index is 2.07. The van der Waals surface area contributed by atoms with Gasteiger partial charge in [0.2, 0.25) is 10.0 Å². The Labute approximate surface area is 207 Å². The minimum atomic E-state index is -3.62. The summed E-state index contributed by atoms with van der Waals surface area (Å²) >= 11 is 0. The van der Waals surface area contributed by atoms with Gasteiger partial charge in [0.25, 0.3) is 0 Å². The second-order valence-corrected chi connectivity index (χ2v) is 14.2. The van der Waals surface area contributed by atoms with Crippen LogP contribution in [-0.2, 0) is 23.3 Å². The van der Waals surface area contributed by atoms with E-state index in [0.717, 1.165) is 17.6 Å². The van der Waals surface area contributed by atoms with Gasteiger partial charge in [-0.15, -0.1) is 0 Å². The van der Waals surface area contributed by atoms with E-state index in [0.29, 0.717) is 43.7 Å². The lowest BCUT2D eigenvalue weighted by Crippen LogP contribution is -2.53. The third kappa shape index (κ3) is 5.42. The van der Waals surface area contributed by atoms with Crippen molar-refractivity contribution in [2.45, 2.75) is 58.4 Å². The molecule has 1 aromatic carbocycles. The van der Waals surface area contributed by atoms with Crippen molar-refractivity contribution in [1.29, 1.82) is 0 Å². The summed E-state index contributed by atoms with van der Waals surface area (Å²) in [6.07, 6.45) is 3.05. The molecule has 1 heterocycles. The van der Waals surface area contributed by atoms with E-state index in [1.54, 1.807) is 16.4 Å². The lowest BCUT2D eigenvalue weighted by Gasteiger charge is -2.38. The van der Waals surface area contributed by atoms with Crippen LogP contribution in [0, 0.1) is 24.7 Å². The van der Waals surface area contributed by atoms with E-state index in [-0.39, 0.29) is 17.4 Å². The zero-order valence-corrected chi connectivity index (χ0v) is 23.4. The molecule has 0 N–H and O–H groups in total. The van der Waals surface area contributed by atoms with Crippen LogP contribution in [0.4, 0.5) is 0 Å². The standard InChI is InChI=1S/C26H41NO5SSi/c1-8-30-34(31-9-2,32-10-3)26-16-22(19(4)5)15-21(7)24-17-27(18-25(24)26)33(28,29)23-13-11-20(6)12-14-23/h11-14,16,19,24-26H,7-10,15,17-18H2,1-6H3/t24-,25-,26-/m1/s1. The van der Waals surface area contributed by atoms with Crippen molar-refractivity contribution in [3.8, 4) is 0 Å². The highest BCUT2D eigenvalue weighted by atomic mass is 32.2. The van der Waals surface area contributed by atoms with E-state index in [4.69, 9.17) is 13.3 Å². The second-order valence-electron chi connectivity index (χ2n) is 9.57. The molecule has 0 bridgehead atoms. The summed E-state index contributed by atoms with van der Waals surface area (Å²) in [5.41, 5.74) is 3.29. The molecular weight excluding hydrogens is 466 g/mol. The summed E-state index contributed by atoms with van der Waals surface area (Å²) in [4.78, 5) is 0.332. The number of sulfonamides is 1. The highest BCUT2D eigenvalue weighted by Crippen LogP contribution is 2.49. The molecule has 1 aliphatic heterocycles. The Morgan fingerprint density at radius 1 is 1.03 bits per heavy atom. The third-order valence-electron chi connectivity index (χ3n) is 6.99. The van der Waals surface area contributed by atoms with Crippen molar-refractivity contribution in [2.75, 3.05) is 32.9 Å². The molecule has 1 fully saturated rings. The summed E-state index contributed by atoms with van der Waals surface area (Å²) in [7, 11) is -6.76. The Morgan fingerprint density at radius 2 is 1.59 bits per heavy atom. The number of fused-ring (bicyclic) bond motifs is 1. The molecule has 0 radical (unpaired) electrons. The smallest absolute Gasteiger partial charge is 0.373 e. The summed E-state index contributed by atoms with van der Waals surface area (Å²) < 4.78 is 47.8. The Hall–Kier alpha value is -1.29. The lowest BCUT2D eigenvalue weighted by atomic mass is 9.87. The van der Waals surface area contributed by atoms with E-state index in [1.165, 1.54) is 5.57 Å². The molecule has 1 saturated heterocycles. The van der Waals surface area contributed by atoms with Crippen LogP contribution in [-0.4, -0.2) is 54.4 Å². The highest BCUT2D eigenvalue weighted by molar-refractivity contribution is 7.89. The zero-order valence-electron chi connectivity index (χ0n) is 21.5. The average molecular weight is 508 g/mol. The fraction of sp³-hybridized carbons (Fsp3) is 0.615. The third-order valence-corrected chi connectivity index (χ3v) is 12.3. The Morgan fingerprint density at radius 3 is 2.09 bits per heavy atom. The van der Waals surface area contributed by atoms with Gasteiger partial charge in [-0.05, 0) is 64.0 Å². The molecule has 1 aliphatic carbocycles. The number of hydrogen-bond acceptors (Lipinski definition) is 5. The van der Waals surface area contributed by atoms with Crippen LogP contribution in [0.25, 0.3) is 0 Å². The van der Waals surface area contributed by atoms with Crippen molar-refractivity contribution in [3.05, 3.63) is 53.6 Å². The number of hydrogen-bond donors (Lipinski definition) is 0. The van der Waals surface area contributed by atoms with Crippen molar-refractivity contribution in [2.24, 2.45) is 17.8 Å². The SMILES string of the molecule is C=C1CC(C(C)C)=C[C@@H]([Si](OCC)(OCC)OCC)[C@@H]2CN(S(=O)(=O)c3ccc(C)cc3)C[C@H]12. The van der Waals surface area contributed by atoms with Crippen molar-refractivity contribution < 1.29 is 21.7 Å². The van der Waals surface area contributed by atoms with Gasteiger partial charge in [-0.2, -0.15) is 4.31 Å². The topological polar surface area (TPSA) is 65.1 Å². The number of aryl methyl sites for hydroxylation is 1. The van der Waals surface area contributed by atoms with E-state index in [2.05, 4.69) is 26.5 Å². The van der Waals surface area contributed by atoms with Gasteiger partial charge in [0.1, 0.15) is 0 Å².